The maximum atomic E-state index is 12.9. The van der Waals surface area contributed by atoms with Gasteiger partial charge in [0.1, 0.15) is 0 Å². The van der Waals surface area contributed by atoms with Crippen molar-refractivity contribution in [2.24, 2.45) is 0 Å². The lowest BCUT2D eigenvalue weighted by Crippen LogP contribution is -2.36. The number of carbonyl (C=O) groups is 1. The second-order valence-corrected chi connectivity index (χ2v) is 10.1. The van der Waals surface area contributed by atoms with Gasteiger partial charge in [-0.05, 0) is 55.8 Å². The molecule has 2 aromatic rings. The number of piperidine rings is 1. The van der Waals surface area contributed by atoms with E-state index in [0.717, 1.165) is 31.2 Å². The Morgan fingerprint density at radius 3 is 2.63 bits per heavy atom. The fourth-order valence-corrected chi connectivity index (χ4v) is 5.72. The monoisotopic (exact) mass is 406 g/mol. The summed E-state index contributed by atoms with van der Waals surface area (Å²) < 4.78 is 27.3. The number of sulfonamides is 1. The highest BCUT2D eigenvalue weighted by Gasteiger charge is 2.27. The number of aryl methyl sites for hydroxylation is 1. The van der Waals surface area contributed by atoms with Crippen molar-refractivity contribution < 1.29 is 13.2 Å². The fourth-order valence-electron chi connectivity index (χ4n) is 3.34. The van der Waals surface area contributed by atoms with Crippen LogP contribution < -0.4 is 5.32 Å². The number of hydrogen-bond donors (Lipinski definition) is 1. The summed E-state index contributed by atoms with van der Waals surface area (Å²) in [6.07, 6.45) is 3.60. The van der Waals surface area contributed by atoms with Crippen molar-refractivity contribution in [2.75, 3.05) is 13.1 Å². The van der Waals surface area contributed by atoms with E-state index in [9.17, 15) is 13.2 Å². The quantitative estimate of drug-likeness (QED) is 0.797. The summed E-state index contributed by atoms with van der Waals surface area (Å²) in [6, 6.07) is 8.85. The number of nitrogens with one attached hydrogen (secondary N) is 1. The Bertz CT molecular complexity index is 886. The molecule has 0 radical (unpaired) electrons. The van der Waals surface area contributed by atoms with Crippen molar-refractivity contribution in [1.82, 2.24) is 9.62 Å². The molecule has 5 nitrogen and oxygen atoms in total. The van der Waals surface area contributed by atoms with Gasteiger partial charge < -0.3 is 5.32 Å². The zero-order valence-corrected chi connectivity index (χ0v) is 17.4. The van der Waals surface area contributed by atoms with Crippen molar-refractivity contribution in [3.05, 3.63) is 51.7 Å². The van der Waals surface area contributed by atoms with Crippen molar-refractivity contribution in [3.63, 3.8) is 0 Å². The van der Waals surface area contributed by atoms with Gasteiger partial charge >= 0.3 is 0 Å². The van der Waals surface area contributed by atoms with Gasteiger partial charge in [0.05, 0.1) is 4.90 Å². The second kappa shape index (κ2) is 8.54. The van der Waals surface area contributed by atoms with Crippen molar-refractivity contribution >= 4 is 27.3 Å². The minimum Gasteiger partial charge on any atom is -0.349 e. The normalized spacial score (nSPS) is 16.8. The lowest BCUT2D eigenvalue weighted by Gasteiger charge is -2.26. The third-order valence-corrected chi connectivity index (χ3v) is 7.66. The molecular formula is C20H26N2O3S2. The van der Waals surface area contributed by atoms with Crippen molar-refractivity contribution in [2.45, 2.75) is 50.5 Å². The zero-order chi connectivity index (χ0) is 19.4. The molecule has 1 atom stereocenters. The van der Waals surface area contributed by atoms with Gasteiger partial charge in [-0.25, -0.2) is 8.42 Å². The number of benzene rings is 1. The number of hydrogen-bond acceptors (Lipinski definition) is 4. The number of rotatable bonds is 6. The summed E-state index contributed by atoms with van der Waals surface area (Å²) in [5.41, 5.74) is 1.19. The van der Waals surface area contributed by atoms with Gasteiger partial charge in [-0.2, -0.15) is 4.31 Å². The molecule has 0 spiro atoms. The first-order valence-electron chi connectivity index (χ1n) is 9.32. The van der Waals surface area contributed by atoms with E-state index in [1.807, 2.05) is 31.4 Å². The molecule has 1 aromatic heterocycles. The zero-order valence-electron chi connectivity index (χ0n) is 15.8. The Balaban J connectivity index is 1.77. The first kappa shape index (κ1) is 20.0. The maximum Gasteiger partial charge on any atom is 0.251 e. The van der Waals surface area contributed by atoms with Crippen LogP contribution in [0.2, 0.25) is 0 Å². The molecule has 1 fully saturated rings. The Hall–Kier alpha value is -1.70. The molecule has 27 heavy (non-hydrogen) atoms. The average molecular weight is 407 g/mol. The van der Waals surface area contributed by atoms with Crippen LogP contribution in [-0.4, -0.2) is 37.8 Å². The fraction of sp³-hybridized carbons (Fsp3) is 0.450. The van der Waals surface area contributed by atoms with Crippen LogP contribution in [0, 0.1) is 6.92 Å². The highest BCUT2D eigenvalue weighted by molar-refractivity contribution is 7.89. The first-order valence-corrected chi connectivity index (χ1v) is 11.6. The summed E-state index contributed by atoms with van der Waals surface area (Å²) in [6.45, 7) is 4.89. The van der Waals surface area contributed by atoms with Gasteiger partial charge in [-0.15, -0.1) is 11.3 Å². The molecule has 2 heterocycles. The molecule has 1 saturated heterocycles. The van der Waals surface area contributed by atoms with E-state index in [0.29, 0.717) is 18.7 Å². The standard InChI is InChI=1S/C20H26N2O3S2/c1-15-8-9-18(27(24,25)22-10-4-3-5-11-22)14-19(15)20(23)21-16(2)13-17-7-6-12-26-17/h6-9,12,14,16H,3-5,10-11,13H2,1-2H3,(H,21,23). The smallest absolute Gasteiger partial charge is 0.251 e. The first-order chi connectivity index (χ1) is 12.9. The van der Waals surface area contributed by atoms with Crippen LogP contribution >= 0.6 is 11.3 Å². The van der Waals surface area contributed by atoms with Crippen LogP contribution in [0.3, 0.4) is 0 Å². The summed E-state index contributed by atoms with van der Waals surface area (Å²) in [4.78, 5) is 14.2. The van der Waals surface area contributed by atoms with Gasteiger partial charge in [0.15, 0.2) is 0 Å². The molecule has 0 aliphatic carbocycles. The minimum absolute atomic E-state index is 0.0297. The lowest BCUT2D eigenvalue weighted by molar-refractivity contribution is 0.0939. The number of nitrogens with zero attached hydrogens (tertiary/aromatic N) is 1. The van der Waals surface area contributed by atoms with Crippen LogP contribution in [0.15, 0.2) is 40.6 Å². The van der Waals surface area contributed by atoms with Gasteiger partial charge in [-0.3, -0.25) is 4.79 Å². The molecule has 0 saturated carbocycles. The molecule has 1 amide bonds. The Labute approximate surface area is 165 Å². The molecule has 1 aliphatic heterocycles. The maximum absolute atomic E-state index is 12.9. The van der Waals surface area contributed by atoms with E-state index >= 15 is 0 Å². The molecule has 3 rings (SSSR count). The molecular weight excluding hydrogens is 380 g/mol. The van der Waals surface area contributed by atoms with Crippen molar-refractivity contribution in [1.29, 1.82) is 0 Å². The van der Waals surface area contributed by atoms with Crippen LogP contribution in [0.5, 0.6) is 0 Å². The predicted octanol–water partition coefficient (Wildman–Crippen LogP) is 3.59. The van der Waals surface area contributed by atoms with E-state index in [2.05, 4.69) is 5.32 Å². The SMILES string of the molecule is Cc1ccc(S(=O)(=O)N2CCCCC2)cc1C(=O)NC(C)Cc1cccs1. The van der Waals surface area contributed by atoms with E-state index in [1.54, 1.807) is 23.5 Å². The van der Waals surface area contributed by atoms with E-state index in [-0.39, 0.29) is 16.8 Å². The van der Waals surface area contributed by atoms with Gasteiger partial charge in [0.2, 0.25) is 10.0 Å². The van der Waals surface area contributed by atoms with E-state index in [1.165, 1.54) is 15.2 Å². The van der Waals surface area contributed by atoms with E-state index < -0.39 is 10.0 Å². The molecule has 1 unspecified atom stereocenters. The van der Waals surface area contributed by atoms with Crippen molar-refractivity contribution in [3.8, 4) is 0 Å². The summed E-state index contributed by atoms with van der Waals surface area (Å²) in [5.74, 6) is -0.229. The molecule has 0 bridgehead atoms. The molecule has 146 valence electrons. The van der Waals surface area contributed by atoms with E-state index in [4.69, 9.17) is 0 Å². The predicted molar refractivity (Wildman–Crippen MR) is 109 cm³/mol. The summed E-state index contributed by atoms with van der Waals surface area (Å²) in [5, 5.41) is 5.01. The molecule has 1 aliphatic rings. The van der Waals surface area contributed by atoms with Crippen LogP contribution in [0.25, 0.3) is 0 Å². The highest BCUT2D eigenvalue weighted by atomic mass is 32.2. The second-order valence-electron chi connectivity index (χ2n) is 7.10. The highest BCUT2D eigenvalue weighted by Crippen LogP contribution is 2.23. The van der Waals surface area contributed by atoms with Gasteiger partial charge in [-0.1, -0.05) is 18.6 Å². The van der Waals surface area contributed by atoms with Crippen LogP contribution in [0.1, 0.15) is 47.0 Å². The Kier molecular flexibility index (Phi) is 6.34. The van der Waals surface area contributed by atoms with Gasteiger partial charge in [0, 0.05) is 36.0 Å². The molecule has 1 N–H and O–H groups in total. The third kappa shape index (κ3) is 4.78. The molecule has 1 aromatic carbocycles. The summed E-state index contributed by atoms with van der Waals surface area (Å²) in [7, 11) is -3.55. The number of amides is 1. The Morgan fingerprint density at radius 2 is 1.96 bits per heavy atom. The minimum atomic E-state index is -3.55. The summed E-state index contributed by atoms with van der Waals surface area (Å²) >= 11 is 1.66. The van der Waals surface area contributed by atoms with Crippen LogP contribution in [-0.2, 0) is 16.4 Å². The average Bonchev–Trinajstić information content (AvgIpc) is 3.15. The van der Waals surface area contributed by atoms with Gasteiger partial charge in [0.25, 0.3) is 5.91 Å². The number of carbonyl (C=O) groups excluding carboxylic acids is 1. The third-order valence-electron chi connectivity index (χ3n) is 4.87. The molecule has 7 heteroatoms. The Morgan fingerprint density at radius 1 is 1.22 bits per heavy atom. The lowest BCUT2D eigenvalue weighted by atomic mass is 10.1. The number of thiophene rings is 1. The van der Waals surface area contributed by atoms with Crippen LogP contribution in [0.4, 0.5) is 0 Å². The topological polar surface area (TPSA) is 66.5 Å². The largest absolute Gasteiger partial charge is 0.349 e.